The van der Waals surface area contributed by atoms with Crippen LogP contribution in [0.25, 0.3) is 0 Å². The van der Waals surface area contributed by atoms with E-state index in [1.165, 1.54) is 6.20 Å². The van der Waals surface area contributed by atoms with Crippen molar-refractivity contribution >= 4 is 26.3 Å². The third kappa shape index (κ3) is 4.28. The Morgan fingerprint density at radius 2 is 2.19 bits per heavy atom. The molecule has 5 nitrogen and oxygen atoms in total. The zero-order valence-corrected chi connectivity index (χ0v) is 10.6. The lowest BCUT2D eigenvalue weighted by Crippen LogP contribution is -2.09. The summed E-state index contributed by atoms with van der Waals surface area (Å²) in [4.78, 5) is 3.92. The largest absolute Gasteiger partial charge is 0.396 e. The van der Waals surface area contributed by atoms with Gasteiger partial charge < -0.3 is 5.73 Å². The van der Waals surface area contributed by atoms with Gasteiger partial charge in [0.05, 0.1) is 22.2 Å². The van der Waals surface area contributed by atoms with Gasteiger partial charge in [0.25, 0.3) is 0 Å². The molecule has 1 rings (SSSR count). The molecule has 0 fully saturated rings. The normalized spacial score (nSPS) is 13.6. The Labute approximate surface area is 97.5 Å². The molecule has 0 aliphatic rings. The molecule has 1 unspecified atom stereocenters. The topological polar surface area (TPSA) is 90.1 Å². The van der Waals surface area contributed by atoms with Crippen molar-refractivity contribution in [2.24, 2.45) is 0 Å². The smallest absolute Gasteiger partial charge is 0.150 e. The second-order valence-corrected chi connectivity index (χ2v) is 7.18. The van der Waals surface area contributed by atoms with Gasteiger partial charge in [-0.15, -0.1) is 0 Å². The molecule has 0 radical (unpaired) electrons. The Kier molecular flexibility index (Phi) is 4.43. The quantitative estimate of drug-likeness (QED) is 0.819. The molecule has 1 atom stereocenters. The molecular weight excluding hydrogens is 248 g/mol. The van der Waals surface area contributed by atoms with Crippen molar-refractivity contribution in [1.29, 1.82) is 0 Å². The van der Waals surface area contributed by atoms with Crippen molar-refractivity contribution in [2.75, 3.05) is 23.5 Å². The first kappa shape index (κ1) is 13.1. The summed E-state index contributed by atoms with van der Waals surface area (Å²) >= 11 is 0. The highest BCUT2D eigenvalue weighted by atomic mass is 32.2. The summed E-state index contributed by atoms with van der Waals surface area (Å²) in [5, 5.41) is 0.330. The number of nitrogens with zero attached hydrogens (tertiary/aromatic N) is 1. The van der Waals surface area contributed by atoms with Crippen molar-refractivity contribution in [3.05, 3.63) is 18.3 Å². The van der Waals surface area contributed by atoms with Gasteiger partial charge in [-0.25, -0.2) is 13.4 Å². The zero-order valence-electron chi connectivity index (χ0n) is 8.92. The fraction of sp³-hybridized carbons (Fsp3) is 0.444. The van der Waals surface area contributed by atoms with Crippen LogP contribution in [0.5, 0.6) is 0 Å². The Morgan fingerprint density at radius 1 is 1.50 bits per heavy atom. The minimum atomic E-state index is -3.00. The van der Waals surface area contributed by atoms with Crippen molar-refractivity contribution in [1.82, 2.24) is 4.98 Å². The molecule has 0 aromatic carbocycles. The molecule has 1 aromatic rings. The maximum Gasteiger partial charge on any atom is 0.150 e. The lowest BCUT2D eigenvalue weighted by molar-refractivity contribution is 0.600. The van der Waals surface area contributed by atoms with Gasteiger partial charge in [0.2, 0.25) is 0 Å². The monoisotopic (exact) mass is 262 g/mol. The van der Waals surface area contributed by atoms with Gasteiger partial charge in [-0.05, 0) is 18.6 Å². The Morgan fingerprint density at radius 3 is 2.75 bits per heavy atom. The van der Waals surface area contributed by atoms with Crippen LogP contribution in [-0.4, -0.2) is 35.4 Å². The highest BCUT2D eigenvalue weighted by Gasteiger charge is 2.10. The standard InChI is InChI=1S/C9H14N2O3S2/c1-16(13,14)7-3-6-15(12)9-8(10)4-2-5-11-9/h2,4-5H,3,6-7,10H2,1H3. The van der Waals surface area contributed by atoms with Crippen molar-refractivity contribution < 1.29 is 12.6 Å². The number of sulfone groups is 1. The minimum absolute atomic E-state index is 0.0332. The van der Waals surface area contributed by atoms with E-state index in [1.807, 2.05) is 0 Å². The third-order valence-electron chi connectivity index (χ3n) is 1.86. The number of anilines is 1. The Balaban J connectivity index is 2.57. The molecule has 0 saturated heterocycles. The summed E-state index contributed by atoms with van der Waals surface area (Å²) in [5.74, 6) is 0.291. The molecule has 0 saturated carbocycles. The van der Waals surface area contributed by atoms with Crippen LogP contribution >= 0.6 is 0 Å². The molecule has 90 valence electrons. The van der Waals surface area contributed by atoms with E-state index in [0.29, 0.717) is 17.1 Å². The van der Waals surface area contributed by atoms with Gasteiger partial charge in [0.15, 0.2) is 0 Å². The van der Waals surface area contributed by atoms with Crippen molar-refractivity contribution in [2.45, 2.75) is 11.4 Å². The molecule has 1 heterocycles. The van der Waals surface area contributed by atoms with Gasteiger partial charge in [0.1, 0.15) is 14.9 Å². The molecule has 0 spiro atoms. The van der Waals surface area contributed by atoms with Crippen LogP contribution in [-0.2, 0) is 20.6 Å². The van der Waals surface area contributed by atoms with E-state index in [-0.39, 0.29) is 11.5 Å². The van der Waals surface area contributed by atoms with Crippen molar-refractivity contribution in [3.63, 3.8) is 0 Å². The van der Waals surface area contributed by atoms with E-state index in [1.54, 1.807) is 12.1 Å². The summed E-state index contributed by atoms with van der Waals surface area (Å²) in [6.07, 6.45) is 3.02. The van der Waals surface area contributed by atoms with Crippen LogP contribution in [0.1, 0.15) is 6.42 Å². The minimum Gasteiger partial charge on any atom is -0.396 e. The predicted molar refractivity (Wildman–Crippen MR) is 64.3 cm³/mol. The average molecular weight is 262 g/mol. The Bertz CT molecular complexity index is 485. The molecule has 0 amide bonds. The van der Waals surface area contributed by atoms with Gasteiger partial charge in [-0.3, -0.25) is 4.21 Å². The second-order valence-electron chi connectivity index (χ2n) is 3.43. The van der Waals surface area contributed by atoms with E-state index < -0.39 is 20.6 Å². The average Bonchev–Trinajstić information content (AvgIpc) is 2.16. The summed E-state index contributed by atoms with van der Waals surface area (Å²) in [6, 6.07) is 3.28. The summed E-state index contributed by atoms with van der Waals surface area (Å²) in [7, 11) is -4.33. The molecule has 0 aliphatic carbocycles. The van der Waals surface area contributed by atoms with E-state index in [0.717, 1.165) is 6.26 Å². The van der Waals surface area contributed by atoms with Crippen LogP contribution in [0.2, 0.25) is 0 Å². The van der Waals surface area contributed by atoms with Crippen LogP contribution in [0.3, 0.4) is 0 Å². The van der Waals surface area contributed by atoms with Gasteiger partial charge in [0, 0.05) is 18.2 Å². The Hall–Kier alpha value is -0.950. The number of rotatable bonds is 5. The fourth-order valence-electron chi connectivity index (χ4n) is 1.14. The van der Waals surface area contributed by atoms with Gasteiger partial charge in [-0.2, -0.15) is 0 Å². The first-order chi connectivity index (χ1) is 7.40. The molecule has 7 heteroatoms. The zero-order chi connectivity index (χ0) is 12.2. The maximum atomic E-state index is 11.7. The second kappa shape index (κ2) is 5.40. The molecular formula is C9H14N2O3S2. The SMILES string of the molecule is CS(=O)(=O)CCCS(=O)c1ncccc1N. The molecule has 1 aromatic heterocycles. The number of hydrogen-bond donors (Lipinski definition) is 1. The highest BCUT2D eigenvalue weighted by Crippen LogP contribution is 2.12. The summed E-state index contributed by atoms with van der Waals surface area (Å²) in [6.45, 7) is 0. The first-order valence-electron chi connectivity index (χ1n) is 4.67. The van der Waals surface area contributed by atoms with E-state index >= 15 is 0 Å². The lowest BCUT2D eigenvalue weighted by atomic mass is 10.4. The van der Waals surface area contributed by atoms with Crippen LogP contribution in [0.15, 0.2) is 23.4 Å². The molecule has 0 bridgehead atoms. The van der Waals surface area contributed by atoms with Gasteiger partial charge in [-0.1, -0.05) is 0 Å². The predicted octanol–water partition coefficient (Wildman–Crippen LogP) is 0.206. The number of nitrogen functional groups attached to an aromatic ring is 1. The van der Waals surface area contributed by atoms with E-state index in [9.17, 15) is 12.6 Å². The lowest BCUT2D eigenvalue weighted by Gasteiger charge is -2.03. The van der Waals surface area contributed by atoms with Crippen molar-refractivity contribution in [3.8, 4) is 0 Å². The van der Waals surface area contributed by atoms with Gasteiger partial charge >= 0.3 is 0 Å². The highest BCUT2D eigenvalue weighted by molar-refractivity contribution is 7.90. The number of nitrogens with two attached hydrogens (primary N) is 1. The number of pyridine rings is 1. The molecule has 0 aliphatic heterocycles. The number of aromatic nitrogens is 1. The fourth-order valence-corrected chi connectivity index (χ4v) is 3.10. The van der Waals surface area contributed by atoms with Crippen LogP contribution in [0, 0.1) is 0 Å². The summed E-state index contributed by atoms with van der Waals surface area (Å²) in [5.41, 5.74) is 5.98. The van der Waals surface area contributed by atoms with Crippen LogP contribution in [0.4, 0.5) is 5.69 Å². The summed E-state index contributed by atoms with van der Waals surface area (Å²) < 4.78 is 33.5. The first-order valence-corrected chi connectivity index (χ1v) is 8.04. The number of hydrogen-bond acceptors (Lipinski definition) is 5. The maximum absolute atomic E-state index is 11.7. The van der Waals surface area contributed by atoms with E-state index in [2.05, 4.69) is 4.98 Å². The molecule has 2 N–H and O–H groups in total. The van der Waals surface area contributed by atoms with Crippen LogP contribution < -0.4 is 5.73 Å². The molecule has 16 heavy (non-hydrogen) atoms. The van der Waals surface area contributed by atoms with E-state index in [4.69, 9.17) is 5.73 Å². The third-order valence-corrected chi connectivity index (χ3v) is 4.32.